The van der Waals surface area contributed by atoms with Crippen LogP contribution in [0.25, 0.3) is 77.2 Å². The fourth-order valence-corrected chi connectivity index (χ4v) is 9.29. The summed E-state index contributed by atoms with van der Waals surface area (Å²) < 4.78 is 6.56. The van der Waals surface area contributed by atoms with Gasteiger partial charge in [0.2, 0.25) is 0 Å². The van der Waals surface area contributed by atoms with Crippen molar-refractivity contribution in [2.45, 2.75) is 19.3 Å². The van der Waals surface area contributed by atoms with Crippen molar-refractivity contribution in [2.24, 2.45) is 0 Å². The Morgan fingerprint density at radius 1 is 0.351 bits per heavy atom. The number of anilines is 3. The predicted octanol–water partition coefficient (Wildman–Crippen LogP) is 15.5. The van der Waals surface area contributed by atoms with Crippen LogP contribution >= 0.6 is 0 Å². The standard InChI is InChI=1S/C55H39NO/c1-55(2)49-21-10-9-17-46(49)47-32-31-42(35-50(47)55)56(40-27-23-37(24-28-40)36-13-5-3-6-14-36)41-29-25-39(26-30-41)44-19-12-22-51-53(44)54-48-20-11-18-43(38-15-7-4-8-16-38)45(48)33-34-52(54)57-51/h3-35H,1-2H3. The van der Waals surface area contributed by atoms with Crippen LogP contribution < -0.4 is 4.90 Å². The first kappa shape index (κ1) is 33.2. The molecule has 57 heavy (non-hydrogen) atoms. The number of nitrogens with zero attached hydrogens (tertiary/aromatic N) is 1. The molecule has 0 radical (unpaired) electrons. The summed E-state index contributed by atoms with van der Waals surface area (Å²) in [5.41, 5.74) is 17.6. The SMILES string of the molecule is CC1(C)c2ccccc2-c2ccc(N(c3ccc(-c4ccccc4)cc3)c3ccc(-c4cccc5oc6ccc7c(-c8ccccc8)cccc7c6c45)cc3)cc21. The highest BCUT2D eigenvalue weighted by molar-refractivity contribution is 6.24. The molecule has 0 amide bonds. The van der Waals surface area contributed by atoms with Gasteiger partial charge in [0.05, 0.1) is 0 Å². The summed E-state index contributed by atoms with van der Waals surface area (Å²) in [6, 6.07) is 72.5. The van der Waals surface area contributed by atoms with Crippen LogP contribution in [-0.4, -0.2) is 0 Å². The van der Waals surface area contributed by atoms with Crippen molar-refractivity contribution in [2.75, 3.05) is 4.90 Å². The van der Waals surface area contributed by atoms with Crippen LogP contribution in [0.2, 0.25) is 0 Å². The van der Waals surface area contributed by atoms with Gasteiger partial charge in [0.1, 0.15) is 11.2 Å². The average molecular weight is 730 g/mol. The average Bonchev–Trinajstić information content (AvgIpc) is 3.77. The van der Waals surface area contributed by atoms with Gasteiger partial charge in [-0.1, -0.05) is 166 Å². The first-order chi connectivity index (χ1) is 28.0. The molecule has 0 N–H and O–H groups in total. The lowest BCUT2D eigenvalue weighted by Gasteiger charge is -2.28. The molecular weight excluding hydrogens is 691 g/mol. The van der Waals surface area contributed by atoms with E-state index in [9.17, 15) is 0 Å². The zero-order chi connectivity index (χ0) is 38.1. The van der Waals surface area contributed by atoms with Gasteiger partial charge in [0.15, 0.2) is 0 Å². The summed E-state index contributed by atoms with van der Waals surface area (Å²) in [5, 5.41) is 4.72. The molecule has 0 atom stereocenters. The van der Waals surface area contributed by atoms with Gasteiger partial charge in [-0.25, -0.2) is 0 Å². The molecule has 0 saturated carbocycles. The molecule has 1 aliphatic rings. The number of hydrogen-bond donors (Lipinski definition) is 0. The molecule has 0 spiro atoms. The van der Waals surface area contributed by atoms with Crippen LogP contribution in [0.1, 0.15) is 25.0 Å². The van der Waals surface area contributed by atoms with Crippen LogP contribution in [0.4, 0.5) is 17.1 Å². The topological polar surface area (TPSA) is 16.4 Å². The molecule has 0 saturated heterocycles. The number of hydrogen-bond acceptors (Lipinski definition) is 2. The van der Waals surface area contributed by atoms with E-state index in [1.165, 1.54) is 55.3 Å². The summed E-state index contributed by atoms with van der Waals surface area (Å²) in [5.74, 6) is 0. The van der Waals surface area contributed by atoms with Crippen LogP contribution in [0.3, 0.4) is 0 Å². The van der Waals surface area contributed by atoms with Gasteiger partial charge in [0, 0.05) is 33.2 Å². The van der Waals surface area contributed by atoms with Crippen LogP contribution in [0, 0.1) is 0 Å². The fourth-order valence-electron chi connectivity index (χ4n) is 9.29. The van der Waals surface area contributed by atoms with E-state index < -0.39 is 0 Å². The van der Waals surface area contributed by atoms with Crippen molar-refractivity contribution < 1.29 is 4.42 Å². The van der Waals surface area contributed by atoms with Gasteiger partial charge in [0.25, 0.3) is 0 Å². The van der Waals surface area contributed by atoms with E-state index in [2.05, 4.69) is 219 Å². The Hall–Kier alpha value is -7.16. The molecule has 0 unspecified atom stereocenters. The Morgan fingerprint density at radius 2 is 0.895 bits per heavy atom. The lowest BCUT2D eigenvalue weighted by Crippen LogP contribution is -2.16. The molecule has 10 aromatic rings. The Morgan fingerprint density at radius 3 is 1.65 bits per heavy atom. The van der Waals surface area contributed by atoms with Crippen LogP contribution in [0.5, 0.6) is 0 Å². The van der Waals surface area contributed by atoms with Gasteiger partial charge >= 0.3 is 0 Å². The quantitative estimate of drug-likeness (QED) is 0.169. The van der Waals surface area contributed by atoms with Gasteiger partial charge in [-0.05, 0) is 115 Å². The highest BCUT2D eigenvalue weighted by atomic mass is 16.3. The van der Waals surface area contributed by atoms with Gasteiger partial charge in [-0.15, -0.1) is 0 Å². The fraction of sp³-hybridized carbons (Fsp3) is 0.0545. The van der Waals surface area contributed by atoms with E-state index in [-0.39, 0.29) is 5.41 Å². The van der Waals surface area contributed by atoms with Crippen molar-refractivity contribution in [1.82, 2.24) is 0 Å². The second kappa shape index (κ2) is 13.0. The second-order valence-electron chi connectivity index (χ2n) is 15.7. The maximum Gasteiger partial charge on any atom is 0.136 e. The Bertz CT molecular complexity index is 3120. The number of fused-ring (bicyclic) bond motifs is 8. The monoisotopic (exact) mass is 729 g/mol. The molecule has 1 heterocycles. The van der Waals surface area contributed by atoms with Crippen LogP contribution in [-0.2, 0) is 5.41 Å². The van der Waals surface area contributed by atoms with Gasteiger partial charge in [-0.3, -0.25) is 0 Å². The van der Waals surface area contributed by atoms with Crippen molar-refractivity contribution in [3.63, 3.8) is 0 Å². The lowest BCUT2D eigenvalue weighted by atomic mass is 9.82. The second-order valence-corrected chi connectivity index (χ2v) is 15.7. The molecule has 2 heteroatoms. The molecule has 9 aromatic carbocycles. The molecule has 0 aliphatic heterocycles. The number of benzene rings is 9. The number of rotatable bonds is 6. The third-order valence-electron chi connectivity index (χ3n) is 12.1. The Labute approximate surface area is 332 Å². The molecular formula is C55H39NO. The summed E-state index contributed by atoms with van der Waals surface area (Å²) in [4.78, 5) is 2.39. The van der Waals surface area contributed by atoms with E-state index in [4.69, 9.17) is 4.42 Å². The van der Waals surface area contributed by atoms with Crippen molar-refractivity contribution in [3.05, 3.63) is 211 Å². The summed E-state index contributed by atoms with van der Waals surface area (Å²) in [6.07, 6.45) is 0. The molecule has 1 aromatic heterocycles. The number of furan rings is 1. The maximum atomic E-state index is 6.56. The Kier molecular flexibility index (Phi) is 7.55. The third kappa shape index (κ3) is 5.33. The van der Waals surface area contributed by atoms with Gasteiger partial charge in [-0.2, -0.15) is 0 Å². The largest absolute Gasteiger partial charge is 0.456 e. The lowest BCUT2D eigenvalue weighted by molar-refractivity contribution is 0.660. The first-order valence-electron chi connectivity index (χ1n) is 19.8. The van der Waals surface area contributed by atoms with Gasteiger partial charge < -0.3 is 9.32 Å². The Balaban J connectivity index is 1.05. The van der Waals surface area contributed by atoms with E-state index in [0.29, 0.717) is 0 Å². The molecule has 0 bridgehead atoms. The summed E-state index contributed by atoms with van der Waals surface area (Å²) in [7, 11) is 0. The van der Waals surface area contributed by atoms with E-state index in [1.54, 1.807) is 0 Å². The van der Waals surface area contributed by atoms with E-state index in [1.807, 2.05) is 0 Å². The predicted molar refractivity (Wildman–Crippen MR) is 240 cm³/mol. The van der Waals surface area contributed by atoms with Crippen molar-refractivity contribution in [1.29, 1.82) is 0 Å². The zero-order valence-electron chi connectivity index (χ0n) is 31.9. The zero-order valence-corrected chi connectivity index (χ0v) is 31.9. The molecule has 2 nitrogen and oxygen atoms in total. The van der Waals surface area contributed by atoms with Crippen molar-refractivity contribution >= 4 is 49.8 Å². The smallest absolute Gasteiger partial charge is 0.136 e. The minimum atomic E-state index is -0.104. The summed E-state index contributed by atoms with van der Waals surface area (Å²) >= 11 is 0. The molecule has 270 valence electrons. The normalized spacial score (nSPS) is 12.9. The maximum absolute atomic E-state index is 6.56. The molecule has 11 rings (SSSR count). The molecule has 0 fully saturated rings. The minimum absolute atomic E-state index is 0.104. The van der Waals surface area contributed by atoms with E-state index >= 15 is 0 Å². The summed E-state index contributed by atoms with van der Waals surface area (Å²) in [6.45, 7) is 4.70. The molecule has 1 aliphatic carbocycles. The minimum Gasteiger partial charge on any atom is -0.456 e. The highest BCUT2D eigenvalue weighted by Crippen LogP contribution is 2.51. The third-order valence-corrected chi connectivity index (χ3v) is 12.1. The van der Waals surface area contributed by atoms with Crippen LogP contribution in [0.15, 0.2) is 205 Å². The van der Waals surface area contributed by atoms with E-state index in [0.717, 1.165) is 50.1 Å². The first-order valence-corrected chi connectivity index (χ1v) is 19.8. The highest BCUT2D eigenvalue weighted by Gasteiger charge is 2.35. The van der Waals surface area contributed by atoms with Crippen molar-refractivity contribution in [3.8, 4) is 44.5 Å².